The van der Waals surface area contributed by atoms with E-state index in [9.17, 15) is 14.7 Å². The molecule has 0 radical (unpaired) electrons. The SMILES string of the molecule is CCCCC(CC)C(=O)N(CCC)C1COCC1C(=O)O. The van der Waals surface area contributed by atoms with Crippen molar-refractivity contribution in [3.63, 3.8) is 0 Å². The van der Waals surface area contributed by atoms with Crippen molar-refractivity contribution in [3.05, 3.63) is 0 Å². The molecule has 1 heterocycles. The van der Waals surface area contributed by atoms with E-state index < -0.39 is 11.9 Å². The van der Waals surface area contributed by atoms with Crippen molar-refractivity contribution >= 4 is 11.9 Å². The zero-order valence-electron chi connectivity index (χ0n) is 13.5. The predicted octanol–water partition coefficient (Wildman–Crippen LogP) is 2.54. The van der Waals surface area contributed by atoms with Crippen LogP contribution in [0.5, 0.6) is 0 Å². The van der Waals surface area contributed by atoms with Gasteiger partial charge in [0.25, 0.3) is 0 Å². The zero-order chi connectivity index (χ0) is 15.8. The predicted molar refractivity (Wildman–Crippen MR) is 81.0 cm³/mol. The molecular weight excluding hydrogens is 270 g/mol. The molecule has 0 aromatic carbocycles. The van der Waals surface area contributed by atoms with Crippen LogP contribution in [-0.2, 0) is 14.3 Å². The van der Waals surface area contributed by atoms with E-state index in [4.69, 9.17) is 4.74 Å². The normalized spacial score (nSPS) is 23.0. The fraction of sp³-hybridized carbons (Fsp3) is 0.875. The third kappa shape index (κ3) is 4.70. The molecule has 0 bridgehead atoms. The average molecular weight is 299 g/mol. The summed E-state index contributed by atoms with van der Waals surface area (Å²) in [5, 5.41) is 9.30. The van der Waals surface area contributed by atoms with E-state index in [1.807, 2.05) is 13.8 Å². The largest absolute Gasteiger partial charge is 0.481 e. The molecule has 1 aliphatic rings. The van der Waals surface area contributed by atoms with Crippen LogP contribution in [-0.4, -0.2) is 47.7 Å². The van der Waals surface area contributed by atoms with E-state index in [0.717, 1.165) is 32.1 Å². The first-order chi connectivity index (χ1) is 10.1. The number of unbranched alkanes of at least 4 members (excludes halogenated alkanes) is 1. The lowest BCUT2D eigenvalue weighted by Crippen LogP contribution is -2.49. The average Bonchev–Trinajstić information content (AvgIpc) is 2.94. The quantitative estimate of drug-likeness (QED) is 0.710. The zero-order valence-corrected chi connectivity index (χ0v) is 13.5. The van der Waals surface area contributed by atoms with Gasteiger partial charge in [-0.15, -0.1) is 0 Å². The van der Waals surface area contributed by atoms with E-state index >= 15 is 0 Å². The molecule has 3 atom stereocenters. The van der Waals surface area contributed by atoms with Gasteiger partial charge in [-0.2, -0.15) is 0 Å². The van der Waals surface area contributed by atoms with Gasteiger partial charge in [-0.1, -0.05) is 33.6 Å². The van der Waals surface area contributed by atoms with E-state index in [-0.39, 0.29) is 24.5 Å². The van der Waals surface area contributed by atoms with Gasteiger partial charge in [0.05, 0.1) is 19.3 Å². The maximum atomic E-state index is 12.8. The fourth-order valence-electron chi connectivity index (χ4n) is 2.95. The number of carboxylic acid groups (broad SMARTS) is 1. The Kier molecular flexibility index (Phi) is 7.72. The summed E-state index contributed by atoms with van der Waals surface area (Å²) in [7, 11) is 0. The van der Waals surface area contributed by atoms with Gasteiger partial charge < -0.3 is 14.7 Å². The van der Waals surface area contributed by atoms with Crippen molar-refractivity contribution < 1.29 is 19.4 Å². The molecule has 1 amide bonds. The van der Waals surface area contributed by atoms with Gasteiger partial charge in [0.15, 0.2) is 0 Å². The summed E-state index contributed by atoms with van der Waals surface area (Å²) in [5.74, 6) is -1.35. The highest BCUT2D eigenvalue weighted by molar-refractivity contribution is 5.80. The Labute approximate surface area is 127 Å². The Bertz CT molecular complexity index is 345. The van der Waals surface area contributed by atoms with Crippen LogP contribution in [0.3, 0.4) is 0 Å². The molecule has 3 unspecified atom stereocenters. The molecule has 122 valence electrons. The Hall–Kier alpha value is -1.10. The summed E-state index contributed by atoms with van der Waals surface area (Å²) in [6.45, 7) is 7.32. The number of ether oxygens (including phenoxy) is 1. The van der Waals surface area contributed by atoms with Crippen LogP contribution < -0.4 is 0 Å². The highest BCUT2D eigenvalue weighted by atomic mass is 16.5. The van der Waals surface area contributed by atoms with Gasteiger partial charge in [0.1, 0.15) is 5.92 Å². The van der Waals surface area contributed by atoms with Crippen LogP contribution in [0.1, 0.15) is 52.9 Å². The summed E-state index contributed by atoms with van der Waals surface area (Å²) in [4.78, 5) is 25.9. The minimum Gasteiger partial charge on any atom is -0.481 e. The number of carbonyl (C=O) groups excluding carboxylic acids is 1. The molecule has 21 heavy (non-hydrogen) atoms. The molecule has 1 saturated heterocycles. The van der Waals surface area contributed by atoms with Gasteiger partial charge in [-0.25, -0.2) is 0 Å². The summed E-state index contributed by atoms with van der Waals surface area (Å²) in [6, 6.07) is -0.314. The minimum absolute atomic E-state index is 0.00606. The summed E-state index contributed by atoms with van der Waals surface area (Å²) in [6.07, 6.45) is 4.64. The summed E-state index contributed by atoms with van der Waals surface area (Å²) >= 11 is 0. The van der Waals surface area contributed by atoms with E-state index in [1.165, 1.54) is 0 Å². The summed E-state index contributed by atoms with van der Waals surface area (Å²) < 4.78 is 5.33. The van der Waals surface area contributed by atoms with Crippen LogP contribution in [0, 0.1) is 11.8 Å². The van der Waals surface area contributed by atoms with Crippen molar-refractivity contribution in [2.75, 3.05) is 19.8 Å². The summed E-state index contributed by atoms with van der Waals surface area (Å²) in [5.41, 5.74) is 0. The third-order valence-corrected chi connectivity index (χ3v) is 4.26. The van der Waals surface area contributed by atoms with Crippen molar-refractivity contribution in [1.82, 2.24) is 4.90 Å². The molecule has 1 fully saturated rings. The van der Waals surface area contributed by atoms with E-state index in [1.54, 1.807) is 4.90 Å². The third-order valence-electron chi connectivity index (χ3n) is 4.26. The highest BCUT2D eigenvalue weighted by Gasteiger charge is 2.40. The number of aliphatic carboxylic acids is 1. The molecule has 0 aromatic rings. The standard InChI is InChI=1S/C16H29NO4/c1-4-7-8-12(6-3)15(18)17(9-5-2)14-11-21-10-13(14)16(19)20/h12-14H,4-11H2,1-3H3,(H,19,20). The van der Waals surface area contributed by atoms with Gasteiger partial charge in [0, 0.05) is 12.5 Å². The molecule has 0 saturated carbocycles. The van der Waals surface area contributed by atoms with Crippen molar-refractivity contribution in [3.8, 4) is 0 Å². The Balaban J connectivity index is 2.83. The second-order valence-corrected chi connectivity index (χ2v) is 5.83. The minimum atomic E-state index is -0.868. The first-order valence-electron chi connectivity index (χ1n) is 8.17. The number of hydrogen-bond acceptors (Lipinski definition) is 3. The molecule has 0 aliphatic carbocycles. The molecule has 0 aromatic heterocycles. The molecule has 5 nitrogen and oxygen atoms in total. The number of carbonyl (C=O) groups is 2. The Morgan fingerprint density at radius 2 is 1.95 bits per heavy atom. The monoisotopic (exact) mass is 299 g/mol. The van der Waals surface area contributed by atoms with Crippen LogP contribution in [0.2, 0.25) is 0 Å². The number of nitrogens with zero attached hydrogens (tertiary/aromatic N) is 1. The van der Waals surface area contributed by atoms with Crippen molar-refractivity contribution in [2.45, 2.75) is 58.9 Å². The second kappa shape index (κ2) is 9.03. The molecular formula is C16H29NO4. The lowest BCUT2D eigenvalue weighted by molar-refractivity contribution is -0.146. The van der Waals surface area contributed by atoms with Crippen LogP contribution >= 0.6 is 0 Å². The fourth-order valence-corrected chi connectivity index (χ4v) is 2.95. The van der Waals surface area contributed by atoms with E-state index in [0.29, 0.717) is 13.2 Å². The number of carboxylic acids is 1. The van der Waals surface area contributed by atoms with E-state index in [2.05, 4.69) is 6.92 Å². The van der Waals surface area contributed by atoms with Crippen LogP contribution in [0.15, 0.2) is 0 Å². The molecule has 5 heteroatoms. The number of rotatable bonds is 9. The van der Waals surface area contributed by atoms with Crippen LogP contribution in [0.4, 0.5) is 0 Å². The second-order valence-electron chi connectivity index (χ2n) is 5.83. The molecule has 0 spiro atoms. The molecule has 1 rings (SSSR count). The number of hydrogen-bond donors (Lipinski definition) is 1. The van der Waals surface area contributed by atoms with Gasteiger partial charge in [0.2, 0.25) is 5.91 Å². The van der Waals surface area contributed by atoms with Gasteiger partial charge >= 0.3 is 5.97 Å². The lowest BCUT2D eigenvalue weighted by Gasteiger charge is -2.33. The first-order valence-corrected chi connectivity index (χ1v) is 8.17. The van der Waals surface area contributed by atoms with Gasteiger partial charge in [-0.05, 0) is 19.3 Å². The van der Waals surface area contributed by atoms with Crippen molar-refractivity contribution in [1.29, 1.82) is 0 Å². The van der Waals surface area contributed by atoms with Gasteiger partial charge in [-0.3, -0.25) is 9.59 Å². The highest BCUT2D eigenvalue weighted by Crippen LogP contribution is 2.24. The molecule has 1 aliphatic heterocycles. The topological polar surface area (TPSA) is 66.8 Å². The van der Waals surface area contributed by atoms with Crippen molar-refractivity contribution in [2.24, 2.45) is 11.8 Å². The maximum Gasteiger partial charge on any atom is 0.311 e. The maximum absolute atomic E-state index is 12.8. The lowest BCUT2D eigenvalue weighted by atomic mass is 9.94. The van der Waals surface area contributed by atoms with Crippen LogP contribution in [0.25, 0.3) is 0 Å². The molecule has 1 N–H and O–H groups in total. The smallest absolute Gasteiger partial charge is 0.311 e. The Morgan fingerprint density at radius 3 is 2.48 bits per heavy atom. The number of amides is 1. The Morgan fingerprint density at radius 1 is 1.24 bits per heavy atom. The first kappa shape index (κ1) is 18.0.